The molecule has 2 rings (SSSR count). The first kappa shape index (κ1) is 9.53. The maximum absolute atomic E-state index is 5.76. The molecule has 14 heavy (non-hydrogen) atoms. The molecule has 1 aliphatic carbocycles. The summed E-state index contributed by atoms with van der Waals surface area (Å²) in [6.45, 7) is 3.31. The third kappa shape index (κ3) is 1.75. The Bertz CT molecular complexity index is 320. The van der Waals surface area contributed by atoms with E-state index in [-0.39, 0.29) is 0 Å². The van der Waals surface area contributed by atoms with Crippen LogP contribution in [0.25, 0.3) is 0 Å². The molecule has 0 bridgehead atoms. The average Bonchev–Trinajstić information content (AvgIpc) is 2.57. The second kappa shape index (κ2) is 4.01. The molecule has 2 heteroatoms. The molecule has 0 saturated carbocycles. The van der Waals surface area contributed by atoms with Crippen molar-refractivity contribution in [2.75, 3.05) is 12.3 Å². The molecule has 0 heterocycles. The summed E-state index contributed by atoms with van der Waals surface area (Å²) >= 11 is 0. The van der Waals surface area contributed by atoms with Crippen molar-refractivity contribution in [1.29, 1.82) is 0 Å². The number of nitrogens with one attached hydrogen (secondary N) is 1. The Balaban J connectivity index is 2.14. The van der Waals surface area contributed by atoms with Gasteiger partial charge in [0.15, 0.2) is 0 Å². The highest BCUT2D eigenvalue weighted by Crippen LogP contribution is 2.32. The predicted molar refractivity (Wildman–Crippen MR) is 60.2 cm³/mol. The molecule has 0 fully saturated rings. The number of anilines is 1. The van der Waals surface area contributed by atoms with Gasteiger partial charge in [-0.25, -0.2) is 0 Å². The third-order valence-corrected chi connectivity index (χ3v) is 2.89. The number of nitrogens with two attached hydrogens (primary N) is 1. The van der Waals surface area contributed by atoms with Crippen LogP contribution in [0.4, 0.5) is 5.69 Å². The fourth-order valence-corrected chi connectivity index (χ4v) is 2.17. The minimum atomic E-state index is 0.561. The number of aryl methyl sites for hydroxylation is 1. The van der Waals surface area contributed by atoms with Gasteiger partial charge in [-0.1, -0.05) is 13.0 Å². The van der Waals surface area contributed by atoms with E-state index in [1.807, 2.05) is 6.07 Å². The van der Waals surface area contributed by atoms with E-state index < -0.39 is 0 Å². The highest BCUT2D eigenvalue weighted by atomic mass is 14.9. The van der Waals surface area contributed by atoms with Gasteiger partial charge in [0, 0.05) is 11.7 Å². The molecule has 0 saturated heterocycles. The summed E-state index contributed by atoms with van der Waals surface area (Å²) in [5.41, 5.74) is 9.53. The van der Waals surface area contributed by atoms with Crippen molar-refractivity contribution < 1.29 is 0 Å². The van der Waals surface area contributed by atoms with Crippen LogP contribution in [0.15, 0.2) is 18.2 Å². The Morgan fingerprint density at radius 3 is 3.14 bits per heavy atom. The number of hydrogen-bond acceptors (Lipinski definition) is 2. The van der Waals surface area contributed by atoms with Crippen LogP contribution in [0.5, 0.6) is 0 Å². The Hall–Kier alpha value is -1.02. The number of fused-ring (bicyclic) bond motifs is 1. The summed E-state index contributed by atoms with van der Waals surface area (Å²) in [5.74, 6) is 0. The first-order valence-corrected chi connectivity index (χ1v) is 5.43. The van der Waals surface area contributed by atoms with Crippen molar-refractivity contribution in [3.8, 4) is 0 Å². The fourth-order valence-electron chi connectivity index (χ4n) is 2.17. The monoisotopic (exact) mass is 190 g/mol. The van der Waals surface area contributed by atoms with Crippen LogP contribution < -0.4 is 11.1 Å². The smallest absolute Gasteiger partial charge is 0.0326 e. The zero-order valence-corrected chi connectivity index (χ0v) is 8.72. The van der Waals surface area contributed by atoms with Gasteiger partial charge in [0.1, 0.15) is 0 Å². The lowest BCUT2D eigenvalue weighted by atomic mass is 10.1. The maximum atomic E-state index is 5.76. The van der Waals surface area contributed by atoms with Gasteiger partial charge in [0.25, 0.3) is 0 Å². The molecule has 0 spiro atoms. The van der Waals surface area contributed by atoms with E-state index in [0.29, 0.717) is 6.04 Å². The molecule has 0 amide bonds. The molecule has 0 radical (unpaired) electrons. The first-order valence-electron chi connectivity index (χ1n) is 5.43. The van der Waals surface area contributed by atoms with Gasteiger partial charge < -0.3 is 11.1 Å². The van der Waals surface area contributed by atoms with Crippen molar-refractivity contribution in [3.05, 3.63) is 29.3 Å². The molecule has 76 valence electrons. The molecule has 1 unspecified atom stereocenters. The summed E-state index contributed by atoms with van der Waals surface area (Å²) < 4.78 is 0. The summed E-state index contributed by atoms with van der Waals surface area (Å²) in [6, 6.07) is 6.85. The minimum absolute atomic E-state index is 0.561. The maximum Gasteiger partial charge on any atom is 0.0326 e. The summed E-state index contributed by atoms with van der Waals surface area (Å²) in [4.78, 5) is 0. The lowest BCUT2D eigenvalue weighted by Crippen LogP contribution is -2.19. The molecule has 2 nitrogen and oxygen atoms in total. The van der Waals surface area contributed by atoms with Crippen LogP contribution in [0.3, 0.4) is 0 Å². The molecular weight excluding hydrogens is 172 g/mol. The van der Waals surface area contributed by atoms with Crippen LogP contribution in [-0.4, -0.2) is 6.54 Å². The van der Waals surface area contributed by atoms with Gasteiger partial charge in [-0.2, -0.15) is 0 Å². The summed E-state index contributed by atoms with van der Waals surface area (Å²) in [6.07, 6.45) is 3.58. The topological polar surface area (TPSA) is 38.0 Å². The molecule has 0 aromatic heterocycles. The summed E-state index contributed by atoms with van der Waals surface area (Å²) in [7, 11) is 0. The first-order chi connectivity index (χ1) is 6.81. The molecule has 1 aliphatic rings. The van der Waals surface area contributed by atoms with Gasteiger partial charge >= 0.3 is 0 Å². The normalized spacial score (nSPS) is 19.6. The number of nitrogen functional groups attached to an aromatic ring is 1. The second-order valence-corrected chi connectivity index (χ2v) is 4.00. The Morgan fingerprint density at radius 1 is 1.50 bits per heavy atom. The zero-order valence-electron chi connectivity index (χ0n) is 8.72. The predicted octanol–water partition coefficient (Wildman–Crippen LogP) is 2.26. The lowest BCUT2D eigenvalue weighted by Gasteiger charge is -2.13. The molecule has 1 atom stereocenters. The Kier molecular flexibility index (Phi) is 2.73. The highest BCUT2D eigenvalue weighted by molar-refractivity contribution is 5.47. The van der Waals surface area contributed by atoms with Crippen molar-refractivity contribution >= 4 is 5.69 Å². The zero-order chi connectivity index (χ0) is 9.97. The van der Waals surface area contributed by atoms with E-state index in [1.165, 1.54) is 30.4 Å². The van der Waals surface area contributed by atoms with E-state index in [4.69, 9.17) is 5.73 Å². The quantitative estimate of drug-likeness (QED) is 0.717. The number of benzene rings is 1. The largest absolute Gasteiger partial charge is 0.399 e. The lowest BCUT2D eigenvalue weighted by molar-refractivity contribution is 0.529. The van der Waals surface area contributed by atoms with E-state index in [1.54, 1.807) is 0 Å². The third-order valence-electron chi connectivity index (χ3n) is 2.89. The molecular formula is C12H18N2. The van der Waals surface area contributed by atoms with E-state index >= 15 is 0 Å². The van der Waals surface area contributed by atoms with E-state index in [2.05, 4.69) is 24.4 Å². The average molecular weight is 190 g/mol. The molecule has 1 aromatic carbocycles. The van der Waals surface area contributed by atoms with Crippen LogP contribution in [-0.2, 0) is 6.42 Å². The highest BCUT2D eigenvalue weighted by Gasteiger charge is 2.21. The van der Waals surface area contributed by atoms with Crippen LogP contribution >= 0.6 is 0 Å². The van der Waals surface area contributed by atoms with Gasteiger partial charge in [0.2, 0.25) is 0 Å². The Labute approximate surface area is 85.5 Å². The van der Waals surface area contributed by atoms with Gasteiger partial charge in [-0.05, 0) is 49.1 Å². The van der Waals surface area contributed by atoms with Crippen molar-refractivity contribution in [3.63, 3.8) is 0 Å². The summed E-state index contributed by atoms with van der Waals surface area (Å²) in [5, 5.41) is 3.57. The van der Waals surface area contributed by atoms with Crippen molar-refractivity contribution in [2.45, 2.75) is 32.2 Å². The van der Waals surface area contributed by atoms with Gasteiger partial charge in [-0.3, -0.25) is 0 Å². The van der Waals surface area contributed by atoms with Crippen LogP contribution in [0.1, 0.15) is 36.9 Å². The molecule has 0 aliphatic heterocycles. The Morgan fingerprint density at radius 2 is 2.36 bits per heavy atom. The van der Waals surface area contributed by atoms with Crippen molar-refractivity contribution in [1.82, 2.24) is 5.32 Å². The standard InChI is InChI=1S/C12H18N2/c1-2-7-14-12-6-3-9-8-10(13)4-5-11(9)12/h4-5,8,12,14H,2-3,6-7,13H2,1H3. The molecule has 1 aromatic rings. The fraction of sp³-hybridized carbons (Fsp3) is 0.500. The minimum Gasteiger partial charge on any atom is -0.399 e. The van der Waals surface area contributed by atoms with Gasteiger partial charge in [0.05, 0.1) is 0 Å². The van der Waals surface area contributed by atoms with Crippen LogP contribution in [0.2, 0.25) is 0 Å². The van der Waals surface area contributed by atoms with Crippen molar-refractivity contribution in [2.24, 2.45) is 0 Å². The number of hydrogen-bond donors (Lipinski definition) is 2. The second-order valence-electron chi connectivity index (χ2n) is 4.00. The van der Waals surface area contributed by atoms with Gasteiger partial charge in [-0.15, -0.1) is 0 Å². The number of rotatable bonds is 3. The SMILES string of the molecule is CCCNC1CCc2cc(N)ccc21. The van der Waals surface area contributed by atoms with E-state index in [9.17, 15) is 0 Å². The molecule has 3 N–H and O–H groups in total. The van der Waals surface area contributed by atoms with E-state index in [0.717, 1.165) is 12.2 Å². The van der Waals surface area contributed by atoms with Crippen LogP contribution in [0, 0.1) is 0 Å².